The Kier molecular flexibility index (Phi) is 15.4. The molecule has 0 fully saturated rings. The van der Waals surface area contributed by atoms with E-state index >= 15 is 0 Å². The molecule has 63 heavy (non-hydrogen) atoms. The highest BCUT2D eigenvalue weighted by Gasteiger charge is 2.31. The van der Waals surface area contributed by atoms with Crippen LogP contribution in [0.4, 0.5) is 24.5 Å². The predicted molar refractivity (Wildman–Crippen MR) is 229 cm³/mol. The molecule has 0 heterocycles. The van der Waals surface area contributed by atoms with Gasteiger partial charge in [-0.05, 0) is 121 Å². The Balaban J connectivity index is 0.000000238. The van der Waals surface area contributed by atoms with Crippen molar-refractivity contribution in [3.63, 3.8) is 0 Å². The van der Waals surface area contributed by atoms with E-state index in [1.807, 2.05) is 6.07 Å². The molecule has 4 N–H and O–H groups in total. The number of benzene rings is 6. The highest BCUT2D eigenvalue weighted by Crippen LogP contribution is 2.31. The van der Waals surface area contributed by atoms with Crippen LogP contribution in [0, 0.1) is 0 Å². The van der Waals surface area contributed by atoms with E-state index in [-0.39, 0.29) is 26.6 Å². The minimum Gasteiger partial charge on any atom is -0.493 e. The molecule has 330 valence electrons. The second-order valence-electron chi connectivity index (χ2n) is 13.6. The lowest BCUT2D eigenvalue weighted by molar-refractivity contribution is -0.274. The number of ether oxygens (including phenoxy) is 3. The van der Waals surface area contributed by atoms with Crippen LogP contribution in [0.1, 0.15) is 43.0 Å². The third kappa shape index (κ3) is 13.5. The second-order valence-corrected chi connectivity index (χ2v) is 16.9. The van der Waals surface area contributed by atoms with Crippen LogP contribution in [0.15, 0.2) is 149 Å². The van der Waals surface area contributed by atoms with Gasteiger partial charge in [-0.15, -0.1) is 13.2 Å². The Morgan fingerprint density at radius 3 is 1.43 bits per heavy atom. The number of methoxy groups -OCH3 is 2. The lowest BCUT2D eigenvalue weighted by Crippen LogP contribution is -2.17. The fraction of sp³-hybridized carbons (Fsp3) is 0.156. The number of carbonyl (C=O) groups is 2. The first-order valence-electron chi connectivity index (χ1n) is 18.8. The van der Waals surface area contributed by atoms with Gasteiger partial charge < -0.3 is 24.4 Å². The van der Waals surface area contributed by atoms with Gasteiger partial charge in [0.05, 0.1) is 35.1 Å². The van der Waals surface area contributed by atoms with Crippen molar-refractivity contribution in [3.05, 3.63) is 173 Å². The van der Waals surface area contributed by atoms with Crippen LogP contribution in [0.25, 0.3) is 0 Å². The lowest BCUT2D eigenvalue weighted by Gasteiger charge is -2.12. The fourth-order valence-electron chi connectivity index (χ4n) is 6.26. The number of carboxylic acids is 2. The Morgan fingerprint density at radius 1 is 0.540 bits per heavy atom. The first-order chi connectivity index (χ1) is 29.9. The molecule has 0 aliphatic rings. The van der Waals surface area contributed by atoms with Crippen LogP contribution >= 0.6 is 0 Å². The molecule has 6 aromatic rings. The van der Waals surface area contributed by atoms with E-state index in [1.54, 1.807) is 78.9 Å². The predicted octanol–water partition coefficient (Wildman–Crippen LogP) is 8.86. The smallest absolute Gasteiger partial charge is 0.493 e. The summed E-state index contributed by atoms with van der Waals surface area (Å²) in [5.41, 5.74) is 4.21. The molecular weight excluding hydrogens is 866 g/mol. The van der Waals surface area contributed by atoms with Crippen LogP contribution in [0.5, 0.6) is 17.2 Å². The quantitative estimate of drug-likeness (QED) is 0.0683. The number of carboxylic acid groups (broad SMARTS) is 2. The highest BCUT2D eigenvalue weighted by molar-refractivity contribution is 7.93. The monoisotopic (exact) mass is 906 g/mol. The Morgan fingerprint density at radius 2 is 0.984 bits per heavy atom. The Labute approximate surface area is 361 Å². The summed E-state index contributed by atoms with van der Waals surface area (Å²) in [6.07, 6.45) is -2.86. The summed E-state index contributed by atoms with van der Waals surface area (Å²) in [6, 6.07) is 35.3. The number of aromatic carboxylic acids is 2. The van der Waals surface area contributed by atoms with Gasteiger partial charge in [-0.25, -0.2) is 26.4 Å². The summed E-state index contributed by atoms with van der Waals surface area (Å²) < 4.78 is 107. The molecule has 0 saturated heterocycles. The molecule has 13 nitrogen and oxygen atoms in total. The van der Waals surface area contributed by atoms with E-state index < -0.39 is 44.1 Å². The van der Waals surface area contributed by atoms with Crippen molar-refractivity contribution in [2.45, 2.75) is 41.8 Å². The molecule has 0 aliphatic heterocycles. The zero-order valence-corrected chi connectivity index (χ0v) is 35.3. The fourth-order valence-corrected chi connectivity index (χ4v) is 8.38. The Bertz CT molecular complexity index is 2780. The van der Waals surface area contributed by atoms with Crippen molar-refractivity contribution in [2.24, 2.45) is 0 Å². The zero-order valence-electron chi connectivity index (χ0n) is 33.6. The van der Waals surface area contributed by atoms with E-state index in [1.165, 1.54) is 44.6 Å². The average Bonchev–Trinajstić information content (AvgIpc) is 3.24. The van der Waals surface area contributed by atoms with Gasteiger partial charge >= 0.3 is 18.3 Å². The zero-order chi connectivity index (χ0) is 45.8. The summed E-state index contributed by atoms with van der Waals surface area (Å²) in [5.74, 6) is -1.76. The molecular formula is C45H41F3N2O11S2. The molecule has 0 atom stereocenters. The third-order valence-corrected chi connectivity index (χ3v) is 12.0. The van der Waals surface area contributed by atoms with Gasteiger partial charge in [0, 0.05) is 17.4 Å². The molecule has 0 unspecified atom stereocenters. The molecule has 0 spiro atoms. The van der Waals surface area contributed by atoms with E-state index in [0.717, 1.165) is 41.0 Å². The molecule has 0 bridgehead atoms. The minimum atomic E-state index is -4.87. The SMILES string of the molecule is COc1ccc(S(=O)(=O)Nc2cccc(CCc3ccccc3C(=O)O)c2)cc1OC.O=C(O)c1ccccc1CCc1cccc(NS(=O)(=O)c2ccc(OC(F)(F)F)cc2)c1. The Hall–Kier alpha value is -7.05. The van der Waals surface area contributed by atoms with E-state index in [0.29, 0.717) is 48.4 Å². The van der Waals surface area contributed by atoms with E-state index in [2.05, 4.69) is 14.2 Å². The molecule has 0 amide bonds. The number of anilines is 2. The van der Waals surface area contributed by atoms with Crippen LogP contribution in [0.3, 0.4) is 0 Å². The van der Waals surface area contributed by atoms with Crippen LogP contribution in [-0.2, 0) is 45.7 Å². The summed E-state index contributed by atoms with van der Waals surface area (Å²) in [4.78, 5) is 22.5. The number of hydrogen-bond donors (Lipinski definition) is 4. The second kappa shape index (κ2) is 20.7. The number of alkyl halides is 3. The molecule has 18 heteroatoms. The maximum Gasteiger partial charge on any atom is 0.573 e. The molecule has 6 aromatic carbocycles. The van der Waals surface area contributed by atoms with E-state index in [9.17, 15) is 49.8 Å². The van der Waals surface area contributed by atoms with Crippen molar-refractivity contribution < 1.29 is 64.0 Å². The topological polar surface area (TPSA) is 195 Å². The molecule has 6 rings (SSSR count). The number of aryl methyl sites for hydroxylation is 4. The van der Waals surface area contributed by atoms with Crippen molar-refractivity contribution in [3.8, 4) is 17.2 Å². The van der Waals surface area contributed by atoms with Gasteiger partial charge in [-0.3, -0.25) is 9.44 Å². The largest absolute Gasteiger partial charge is 0.573 e. The van der Waals surface area contributed by atoms with Crippen LogP contribution < -0.4 is 23.7 Å². The third-order valence-electron chi connectivity index (χ3n) is 9.25. The van der Waals surface area contributed by atoms with Crippen molar-refractivity contribution in [1.29, 1.82) is 0 Å². The standard InChI is InChI=1S/C23H23NO6S.C22H18F3NO5S/c1-29-21-13-12-19(15-22(21)30-2)31(27,28)24-18-8-5-6-16(14-18)10-11-17-7-3-4-9-20(17)23(25)26;23-22(24,25)31-18-10-12-19(13-11-18)32(29,30)26-17-6-3-4-15(14-17)8-9-16-5-1-2-7-20(16)21(27)28/h3-9,12-15,24H,10-11H2,1-2H3,(H,25,26);1-7,10-14,26H,8-9H2,(H,27,28). The van der Waals surface area contributed by atoms with Crippen molar-refractivity contribution in [1.82, 2.24) is 0 Å². The number of rotatable bonds is 17. The molecule has 0 radical (unpaired) electrons. The maximum absolute atomic E-state index is 12.8. The minimum absolute atomic E-state index is 0.0472. The molecule has 0 saturated carbocycles. The van der Waals surface area contributed by atoms with Gasteiger partial charge in [0.25, 0.3) is 20.0 Å². The van der Waals surface area contributed by atoms with Gasteiger partial charge in [-0.2, -0.15) is 0 Å². The first-order valence-corrected chi connectivity index (χ1v) is 21.8. The summed E-state index contributed by atoms with van der Waals surface area (Å²) in [7, 11) is -4.96. The maximum atomic E-state index is 12.8. The van der Waals surface area contributed by atoms with Crippen molar-refractivity contribution >= 4 is 43.4 Å². The van der Waals surface area contributed by atoms with Crippen molar-refractivity contribution in [2.75, 3.05) is 23.7 Å². The molecule has 0 aromatic heterocycles. The van der Waals surface area contributed by atoms with E-state index in [4.69, 9.17) is 9.47 Å². The number of hydrogen-bond acceptors (Lipinski definition) is 9. The number of nitrogens with one attached hydrogen (secondary N) is 2. The van der Waals surface area contributed by atoms with Crippen LogP contribution in [0.2, 0.25) is 0 Å². The van der Waals surface area contributed by atoms with Gasteiger partial charge in [0.2, 0.25) is 0 Å². The highest BCUT2D eigenvalue weighted by atomic mass is 32.2. The summed E-state index contributed by atoms with van der Waals surface area (Å²) in [5, 5.41) is 18.6. The number of sulfonamides is 2. The summed E-state index contributed by atoms with van der Waals surface area (Å²) >= 11 is 0. The summed E-state index contributed by atoms with van der Waals surface area (Å²) in [6.45, 7) is 0. The molecule has 0 aliphatic carbocycles. The number of halogens is 3. The van der Waals surface area contributed by atoms with Crippen LogP contribution in [-0.4, -0.2) is 59.6 Å². The average molecular weight is 907 g/mol. The van der Waals surface area contributed by atoms with Gasteiger partial charge in [0.1, 0.15) is 5.75 Å². The van der Waals surface area contributed by atoms with Gasteiger partial charge in [0.15, 0.2) is 11.5 Å². The lowest BCUT2D eigenvalue weighted by atomic mass is 10.00. The first kappa shape index (κ1) is 47.0. The normalized spacial score (nSPS) is 11.4. The van der Waals surface area contributed by atoms with Gasteiger partial charge in [-0.1, -0.05) is 60.7 Å².